The van der Waals surface area contributed by atoms with Gasteiger partial charge in [-0.25, -0.2) is 9.97 Å². The third-order valence-electron chi connectivity index (χ3n) is 4.73. The standard InChI is InChI=1S/C17H26N4O2/c1-12-9-16(19-13(2)18-12)17(23)21-7-6-20(10-14-3-4-14)15(11-21)5-8-22/h9,14-15,22H,3-8,10-11H2,1-2H3. The summed E-state index contributed by atoms with van der Waals surface area (Å²) in [5.41, 5.74) is 1.30. The van der Waals surface area contributed by atoms with Crippen LogP contribution in [0, 0.1) is 19.8 Å². The SMILES string of the molecule is Cc1cc(C(=O)N2CCN(CC3CC3)C(CCO)C2)nc(C)n1. The highest BCUT2D eigenvalue weighted by Gasteiger charge is 2.33. The lowest BCUT2D eigenvalue weighted by Gasteiger charge is -2.41. The van der Waals surface area contributed by atoms with Crippen LogP contribution in [0.5, 0.6) is 0 Å². The highest BCUT2D eigenvalue weighted by molar-refractivity contribution is 5.92. The molecule has 3 rings (SSSR count). The Morgan fingerprint density at radius 1 is 1.30 bits per heavy atom. The van der Waals surface area contributed by atoms with E-state index in [4.69, 9.17) is 0 Å². The summed E-state index contributed by atoms with van der Waals surface area (Å²) in [6.45, 7) is 7.26. The van der Waals surface area contributed by atoms with Gasteiger partial charge in [0.25, 0.3) is 5.91 Å². The van der Waals surface area contributed by atoms with Gasteiger partial charge in [-0.3, -0.25) is 9.69 Å². The Balaban J connectivity index is 1.69. The van der Waals surface area contributed by atoms with E-state index in [0.717, 1.165) is 37.7 Å². The minimum Gasteiger partial charge on any atom is -0.396 e. The van der Waals surface area contributed by atoms with Crippen molar-refractivity contribution in [1.82, 2.24) is 19.8 Å². The number of aromatic nitrogens is 2. The highest BCUT2D eigenvalue weighted by Crippen LogP contribution is 2.31. The lowest BCUT2D eigenvalue weighted by atomic mass is 10.1. The second-order valence-corrected chi connectivity index (χ2v) is 6.80. The fourth-order valence-corrected chi connectivity index (χ4v) is 3.36. The van der Waals surface area contributed by atoms with Crippen LogP contribution in [0.1, 0.15) is 41.3 Å². The molecule has 1 saturated heterocycles. The maximum Gasteiger partial charge on any atom is 0.272 e. The maximum absolute atomic E-state index is 12.7. The van der Waals surface area contributed by atoms with Crippen LogP contribution in [0.3, 0.4) is 0 Å². The smallest absolute Gasteiger partial charge is 0.272 e. The molecule has 1 N–H and O–H groups in total. The molecule has 1 aromatic heterocycles. The first-order valence-corrected chi connectivity index (χ1v) is 8.53. The lowest BCUT2D eigenvalue weighted by molar-refractivity contribution is 0.0402. The number of hydrogen-bond donors (Lipinski definition) is 1. The molecular weight excluding hydrogens is 292 g/mol. The number of aliphatic hydroxyl groups excluding tert-OH is 1. The van der Waals surface area contributed by atoms with Crippen LogP contribution >= 0.6 is 0 Å². The van der Waals surface area contributed by atoms with E-state index >= 15 is 0 Å². The molecular formula is C17H26N4O2. The van der Waals surface area contributed by atoms with Crippen molar-refractivity contribution in [3.8, 4) is 0 Å². The zero-order valence-electron chi connectivity index (χ0n) is 14.0. The molecule has 1 saturated carbocycles. The van der Waals surface area contributed by atoms with E-state index in [1.54, 1.807) is 6.07 Å². The van der Waals surface area contributed by atoms with E-state index in [1.165, 1.54) is 12.8 Å². The molecule has 2 heterocycles. The van der Waals surface area contributed by atoms with Crippen LogP contribution in [0.15, 0.2) is 6.07 Å². The van der Waals surface area contributed by atoms with E-state index in [0.29, 0.717) is 18.1 Å². The number of aryl methyl sites for hydroxylation is 2. The largest absolute Gasteiger partial charge is 0.396 e. The van der Waals surface area contributed by atoms with Crippen LogP contribution in [-0.4, -0.2) is 69.6 Å². The molecule has 6 nitrogen and oxygen atoms in total. The van der Waals surface area contributed by atoms with Crippen molar-refractivity contribution in [1.29, 1.82) is 0 Å². The molecule has 0 radical (unpaired) electrons. The van der Waals surface area contributed by atoms with Crippen molar-refractivity contribution in [2.45, 2.75) is 39.2 Å². The molecule has 2 fully saturated rings. The fraction of sp³-hybridized carbons (Fsp3) is 0.706. The molecule has 0 spiro atoms. The highest BCUT2D eigenvalue weighted by atomic mass is 16.3. The number of carbonyl (C=O) groups excluding carboxylic acids is 1. The number of nitrogens with zero attached hydrogens (tertiary/aromatic N) is 4. The van der Waals surface area contributed by atoms with Crippen molar-refractivity contribution in [3.63, 3.8) is 0 Å². The number of piperazine rings is 1. The molecule has 1 aliphatic carbocycles. The van der Waals surface area contributed by atoms with E-state index in [9.17, 15) is 9.90 Å². The van der Waals surface area contributed by atoms with Gasteiger partial charge in [0, 0.05) is 44.5 Å². The van der Waals surface area contributed by atoms with Crippen molar-refractivity contribution in [2.75, 3.05) is 32.8 Å². The molecule has 1 aromatic rings. The molecule has 23 heavy (non-hydrogen) atoms. The van der Waals surface area contributed by atoms with Crippen LogP contribution in [-0.2, 0) is 0 Å². The molecule has 1 unspecified atom stereocenters. The third kappa shape index (κ3) is 4.06. The van der Waals surface area contributed by atoms with Crippen molar-refractivity contribution in [3.05, 3.63) is 23.3 Å². The Morgan fingerprint density at radius 3 is 2.74 bits per heavy atom. The number of rotatable bonds is 5. The topological polar surface area (TPSA) is 69.6 Å². The monoisotopic (exact) mass is 318 g/mol. The summed E-state index contributed by atoms with van der Waals surface area (Å²) in [5.74, 6) is 1.44. The Bertz CT molecular complexity index is 553. The van der Waals surface area contributed by atoms with E-state index in [1.807, 2.05) is 18.7 Å². The Kier molecular flexibility index (Phi) is 4.92. The van der Waals surface area contributed by atoms with Gasteiger partial charge in [0.2, 0.25) is 0 Å². The van der Waals surface area contributed by atoms with Gasteiger partial charge in [0.05, 0.1) is 0 Å². The summed E-state index contributed by atoms with van der Waals surface area (Å²) in [4.78, 5) is 25.6. The number of aliphatic hydroxyl groups is 1. The number of carbonyl (C=O) groups is 1. The molecule has 1 atom stereocenters. The van der Waals surface area contributed by atoms with Gasteiger partial charge in [0.1, 0.15) is 11.5 Å². The van der Waals surface area contributed by atoms with Gasteiger partial charge >= 0.3 is 0 Å². The predicted octanol–water partition coefficient (Wildman–Crippen LogP) is 1.01. The summed E-state index contributed by atoms with van der Waals surface area (Å²) >= 11 is 0. The summed E-state index contributed by atoms with van der Waals surface area (Å²) in [5, 5.41) is 9.35. The average molecular weight is 318 g/mol. The maximum atomic E-state index is 12.7. The molecule has 0 bridgehead atoms. The predicted molar refractivity (Wildman–Crippen MR) is 87.2 cm³/mol. The Labute approximate surface area is 137 Å². The second-order valence-electron chi connectivity index (χ2n) is 6.80. The summed E-state index contributed by atoms with van der Waals surface area (Å²) in [6, 6.07) is 2.01. The Morgan fingerprint density at radius 2 is 2.09 bits per heavy atom. The van der Waals surface area contributed by atoms with Crippen molar-refractivity contribution in [2.24, 2.45) is 5.92 Å². The first-order chi connectivity index (χ1) is 11.1. The van der Waals surface area contributed by atoms with Crippen LogP contribution < -0.4 is 0 Å². The molecule has 1 aliphatic heterocycles. The number of hydrogen-bond acceptors (Lipinski definition) is 5. The molecule has 126 valence electrons. The average Bonchev–Trinajstić information content (AvgIpc) is 3.31. The normalized spacial score (nSPS) is 22.4. The van der Waals surface area contributed by atoms with Crippen molar-refractivity contribution < 1.29 is 9.90 Å². The van der Waals surface area contributed by atoms with Crippen LogP contribution in [0.2, 0.25) is 0 Å². The van der Waals surface area contributed by atoms with Gasteiger partial charge in [-0.1, -0.05) is 0 Å². The zero-order chi connectivity index (χ0) is 16.4. The van der Waals surface area contributed by atoms with Gasteiger partial charge in [-0.2, -0.15) is 0 Å². The van der Waals surface area contributed by atoms with Crippen LogP contribution in [0.25, 0.3) is 0 Å². The first-order valence-electron chi connectivity index (χ1n) is 8.53. The quantitative estimate of drug-likeness (QED) is 0.877. The minimum atomic E-state index is -0.0207. The lowest BCUT2D eigenvalue weighted by Crippen LogP contribution is -2.55. The zero-order valence-corrected chi connectivity index (χ0v) is 14.0. The minimum absolute atomic E-state index is 0.0207. The van der Waals surface area contributed by atoms with Crippen molar-refractivity contribution >= 4 is 5.91 Å². The summed E-state index contributed by atoms with van der Waals surface area (Å²) in [6.07, 6.45) is 3.37. The first kappa shape index (κ1) is 16.3. The van der Waals surface area contributed by atoms with Gasteiger partial charge < -0.3 is 10.0 Å². The van der Waals surface area contributed by atoms with E-state index in [2.05, 4.69) is 14.9 Å². The van der Waals surface area contributed by atoms with Gasteiger partial charge in [-0.05, 0) is 45.1 Å². The van der Waals surface area contributed by atoms with E-state index in [-0.39, 0.29) is 18.6 Å². The fourth-order valence-electron chi connectivity index (χ4n) is 3.36. The molecule has 1 amide bonds. The van der Waals surface area contributed by atoms with Gasteiger partial charge in [0.15, 0.2) is 0 Å². The second kappa shape index (κ2) is 6.93. The number of amides is 1. The third-order valence-corrected chi connectivity index (χ3v) is 4.73. The Hall–Kier alpha value is -1.53. The van der Waals surface area contributed by atoms with Gasteiger partial charge in [-0.15, -0.1) is 0 Å². The molecule has 0 aromatic carbocycles. The molecule has 2 aliphatic rings. The summed E-state index contributed by atoms with van der Waals surface area (Å²) < 4.78 is 0. The molecule has 6 heteroatoms. The van der Waals surface area contributed by atoms with E-state index < -0.39 is 0 Å². The summed E-state index contributed by atoms with van der Waals surface area (Å²) in [7, 11) is 0. The van der Waals surface area contributed by atoms with Crippen LogP contribution in [0.4, 0.5) is 0 Å².